The maximum absolute atomic E-state index is 12.3. The fourth-order valence-corrected chi connectivity index (χ4v) is 3.22. The molecule has 6 heteroatoms. The first-order valence-corrected chi connectivity index (χ1v) is 10.6. The molecule has 1 fully saturated rings. The van der Waals surface area contributed by atoms with E-state index in [-0.39, 0.29) is 23.8 Å². The van der Waals surface area contributed by atoms with Crippen LogP contribution in [0.3, 0.4) is 0 Å². The van der Waals surface area contributed by atoms with E-state index in [4.69, 9.17) is 0 Å². The van der Waals surface area contributed by atoms with Gasteiger partial charge in [-0.05, 0) is 25.7 Å². The first-order valence-electron chi connectivity index (χ1n) is 10.6. The van der Waals surface area contributed by atoms with Gasteiger partial charge in [0, 0.05) is 43.9 Å². The number of rotatable bonds is 12. The summed E-state index contributed by atoms with van der Waals surface area (Å²) in [6, 6.07) is 0.472. The lowest BCUT2D eigenvalue weighted by molar-refractivity contribution is -0.132. The molecular formula is C21H39N3O3. The SMILES string of the molecule is CC(C)NCC(=O)NC1CCN(C(=O)CCCCCCC(=O)C(C)C)CC1. The second-order valence-electron chi connectivity index (χ2n) is 8.29. The number of nitrogens with one attached hydrogen (secondary N) is 2. The van der Waals surface area contributed by atoms with E-state index in [9.17, 15) is 14.4 Å². The Balaban J connectivity index is 2.10. The molecule has 0 radical (unpaired) electrons. The average Bonchev–Trinajstić information content (AvgIpc) is 2.62. The van der Waals surface area contributed by atoms with E-state index < -0.39 is 0 Å². The summed E-state index contributed by atoms with van der Waals surface area (Å²) >= 11 is 0. The molecule has 1 heterocycles. The number of nitrogens with zero attached hydrogens (tertiary/aromatic N) is 1. The molecule has 1 saturated heterocycles. The van der Waals surface area contributed by atoms with Crippen LogP contribution < -0.4 is 10.6 Å². The van der Waals surface area contributed by atoms with Gasteiger partial charge < -0.3 is 15.5 Å². The highest BCUT2D eigenvalue weighted by atomic mass is 16.2. The highest BCUT2D eigenvalue weighted by molar-refractivity contribution is 5.80. The lowest BCUT2D eigenvalue weighted by Gasteiger charge is -2.32. The van der Waals surface area contributed by atoms with Crippen molar-refractivity contribution in [1.29, 1.82) is 0 Å². The fourth-order valence-electron chi connectivity index (χ4n) is 3.22. The molecule has 0 aromatic rings. The Morgan fingerprint density at radius 2 is 1.52 bits per heavy atom. The van der Waals surface area contributed by atoms with Gasteiger partial charge >= 0.3 is 0 Å². The van der Waals surface area contributed by atoms with Crippen LogP contribution in [-0.4, -0.2) is 54.2 Å². The minimum atomic E-state index is 0.0319. The van der Waals surface area contributed by atoms with E-state index in [2.05, 4.69) is 10.6 Å². The van der Waals surface area contributed by atoms with Crippen LogP contribution in [0.1, 0.15) is 79.1 Å². The zero-order valence-corrected chi connectivity index (χ0v) is 17.7. The molecular weight excluding hydrogens is 342 g/mol. The van der Waals surface area contributed by atoms with Gasteiger partial charge in [0.1, 0.15) is 5.78 Å². The van der Waals surface area contributed by atoms with Crippen LogP contribution in [0.4, 0.5) is 0 Å². The van der Waals surface area contributed by atoms with E-state index in [1.54, 1.807) is 0 Å². The molecule has 156 valence electrons. The molecule has 1 aliphatic heterocycles. The van der Waals surface area contributed by atoms with Crippen LogP contribution in [0.25, 0.3) is 0 Å². The second kappa shape index (κ2) is 12.9. The number of carbonyl (C=O) groups excluding carboxylic acids is 3. The topological polar surface area (TPSA) is 78.5 Å². The quantitative estimate of drug-likeness (QED) is 0.510. The van der Waals surface area contributed by atoms with Crippen molar-refractivity contribution < 1.29 is 14.4 Å². The van der Waals surface area contributed by atoms with Gasteiger partial charge in [0.15, 0.2) is 0 Å². The van der Waals surface area contributed by atoms with E-state index in [0.717, 1.165) is 51.6 Å². The molecule has 2 amide bonds. The third-order valence-electron chi connectivity index (χ3n) is 5.09. The van der Waals surface area contributed by atoms with E-state index >= 15 is 0 Å². The summed E-state index contributed by atoms with van der Waals surface area (Å²) in [5.41, 5.74) is 0. The summed E-state index contributed by atoms with van der Waals surface area (Å²) in [6.07, 6.45) is 6.77. The van der Waals surface area contributed by atoms with Gasteiger partial charge in [-0.15, -0.1) is 0 Å². The van der Waals surface area contributed by atoms with Crippen LogP contribution in [-0.2, 0) is 14.4 Å². The first kappa shape index (κ1) is 23.6. The Kier molecular flexibility index (Phi) is 11.3. The number of piperidine rings is 1. The number of hydrogen-bond donors (Lipinski definition) is 2. The number of hydrogen-bond acceptors (Lipinski definition) is 4. The van der Waals surface area contributed by atoms with Crippen molar-refractivity contribution in [2.24, 2.45) is 5.92 Å². The van der Waals surface area contributed by atoms with Crippen molar-refractivity contribution in [3.63, 3.8) is 0 Å². The number of amides is 2. The van der Waals surface area contributed by atoms with Crippen molar-refractivity contribution in [2.45, 2.75) is 91.1 Å². The maximum Gasteiger partial charge on any atom is 0.234 e. The zero-order chi connectivity index (χ0) is 20.2. The molecule has 0 aromatic carbocycles. The largest absolute Gasteiger partial charge is 0.352 e. The molecule has 2 N–H and O–H groups in total. The molecule has 1 aliphatic rings. The lowest BCUT2D eigenvalue weighted by atomic mass is 10.0. The van der Waals surface area contributed by atoms with Crippen LogP contribution in [0.5, 0.6) is 0 Å². The molecule has 27 heavy (non-hydrogen) atoms. The van der Waals surface area contributed by atoms with Crippen LogP contribution in [0.2, 0.25) is 0 Å². The molecule has 0 aromatic heterocycles. The molecule has 0 atom stereocenters. The normalized spacial score (nSPS) is 15.4. The number of unbranched alkanes of at least 4 members (excludes halogenated alkanes) is 3. The molecule has 0 bridgehead atoms. The summed E-state index contributed by atoms with van der Waals surface area (Å²) in [4.78, 5) is 37.7. The van der Waals surface area contributed by atoms with Crippen molar-refractivity contribution >= 4 is 17.6 Å². The Labute approximate surface area is 164 Å². The number of carbonyl (C=O) groups is 3. The third kappa shape index (κ3) is 10.5. The van der Waals surface area contributed by atoms with Crippen LogP contribution in [0.15, 0.2) is 0 Å². The zero-order valence-electron chi connectivity index (χ0n) is 17.7. The number of ketones is 1. The Morgan fingerprint density at radius 3 is 2.07 bits per heavy atom. The van der Waals surface area contributed by atoms with Crippen molar-refractivity contribution in [1.82, 2.24) is 15.5 Å². The molecule has 0 unspecified atom stereocenters. The van der Waals surface area contributed by atoms with Crippen LogP contribution in [0, 0.1) is 5.92 Å². The summed E-state index contributed by atoms with van der Waals surface area (Å²) in [5, 5.41) is 6.17. The maximum atomic E-state index is 12.3. The van der Waals surface area contributed by atoms with Gasteiger partial charge in [-0.3, -0.25) is 14.4 Å². The monoisotopic (exact) mass is 381 g/mol. The van der Waals surface area contributed by atoms with E-state index in [1.807, 2.05) is 32.6 Å². The smallest absolute Gasteiger partial charge is 0.234 e. The summed E-state index contributed by atoms with van der Waals surface area (Å²) in [6.45, 7) is 9.72. The van der Waals surface area contributed by atoms with Crippen molar-refractivity contribution in [2.75, 3.05) is 19.6 Å². The Hall–Kier alpha value is -1.43. The predicted octanol–water partition coefficient (Wildman–Crippen LogP) is 2.66. The highest BCUT2D eigenvalue weighted by Gasteiger charge is 2.23. The predicted molar refractivity (Wildman–Crippen MR) is 108 cm³/mol. The minimum Gasteiger partial charge on any atom is -0.352 e. The van der Waals surface area contributed by atoms with E-state index in [1.165, 1.54) is 0 Å². The standard InChI is InChI=1S/C21H39N3O3/c1-16(2)19(25)9-7-5-6-8-10-21(27)24-13-11-18(12-14-24)23-20(26)15-22-17(3)4/h16-18,22H,5-15H2,1-4H3,(H,23,26). The second-order valence-corrected chi connectivity index (χ2v) is 8.29. The van der Waals surface area contributed by atoms with Gasteiger partial charge in [-0.1, -0.05) is 40.5 Å². The van der Waals surface area contributed by atoms with Gasteiger partial charge in [0.05, 0.1) is 6.54 Å². The Morgan fingerprint density at radius 1 is 0.926 bits per heavy atom. The van der Waals surface area contributed by atoms with Crippen molar-refractivity contribution in [3.05, 3.63) is 0 Å². The first-order chi connectivity index (χ1) is 12.8. The lowest BCUT2D eigenvalue weighted by Crippen LogP contribution is -2.48. The third-order valence-corrected chi connectivity index (χ3v) is 5.09. The fraction of sp³-hybridized carbons (Fsp3) is 0.857. The minimum absolute atomic E-state index is 0.0319. The summed E-state index contributed by atoms with van der Waals surface area (Å²) in [5.74, 6) is 0.718. The molecule has 6 nitrogen and oxygen atoms in total. The van der Waals surface area contributed by atoms with E-state index in [0.29, 0.717) is 31.2 Å². The number of likely N-dealkylation sites (tertiary alicyclic amines) is 1. The van der Waals surface area contributed by atoms with Crippen molar-refractivity contribution in [3.8, 4) is 0 Å². The average molecular weight is 382 g/mol. The summed E-state index contributed by atoms with van der Waals surface area (Å²) < 4.78 is 0. The number of Topliss-reactive ketones (excluding diaryl/α,β-unsaturated/α-hetero) is 1. The molecule has 0 spiro atoms. The van der Waals surface area contributed by atoms with Gasteiger partial charge in [-0.2, -0.15) is 0 Å². The van der Waals surface area contributed by atoms with Gasteiger partial charge in [-0.25, -0.2) is 0 Å². The molecule has 0 aliphatic carbocycles. The Bertz CT molecular complexity index is 469. The summed E-state index contributed by atoms with van der Waals surface area (Å²) in [7, 11) is 0. The van der Waals surface area contributed by atoms with Crippen LogP contribution >= 0.6 is 0 Å². The van der Waals surface area contributed by atoms with Gasteiger partial charge in [0.2, 0.25) is 11.8 Å². The van der Waals surface area contributed by atoms with Gasteiger partial charge in [0.25, 0.3) is 0 Å². The molecule has 0 saturated carbocycles. The highest BCUT2D eigenvalue weighted by Crippen LogP contribution is 2.14. The molecule has 1 rings (SSSR count).